The maximum atomic E-state index is 5.86. The first-order valence-corrected chi connectivity index (χ1v) is 6.40. The molecule has 2 rings (SSSR count). The molecule has 1 heterocycles. The molecule has 16 heavy (non-hydrogen) atoms. The average molecular weight is 222 g/mol. The molecular formula is C13H22N2O. The van der Waals surface area contributed by atoms with Gasteiger partial charge in [-0.2, -0.15) is 0 Å². The second-order valence-corrected chi connectivity index (χ2v) is 5.13. The lowest BCUT2D eigenvalue weighted by atomic mass is 9.74. The Morgan fingerprint density at radius 3 is 2.81 bits per heavy atom. The van der Waals surface area contributed by atoms with Gasteiger partial charge in [-0.05, 0) is 25.8 Å². The van der Waals surface area contributed by atoms with Crippen LogP contribution in [0.25, 0.3) is 0 Å². The molecule has 0 spiro atoms. The van der Waals surface area contributed by atoms with Crippen molar-refractivity contribution < 1.29 is 4.42 Å². The van der Waals surface area contributed by atoms with E-state index in [4.69, 9.17) is 10.2 Å². The number of nitrogens with zero attached hydrogens (tertiary/aromatic N) is 1. The van der Waals surface area contributed by atoms with Crippen molar-refractivity contribution in [2.75, 3.05) is 6.54 Å². The lowest BCUT2D eigenvalue weighted by Crippen LogP contribution is -2.24. The van der Waals surface area contributed by atoms with E-state index in [2.05, 4.69) is 11.9 Å². The van der Waals surface area contributed by atoms with Crippen LogP contribution in [-0.2, 0) is 11.8 Å². The van der Waals surface area contributed by atoms with Crippen molar-refractivity contribution in [2.45, 2.75) is 57.3 Å². The highest BCUT2D eigenvalue weighted by molar-refractivity contribution is 5.11. The molecule has 1 aliphatic rings. The summed E-state index contributed by atoms with van der Waals surface area (Å²) >= 11 is 0. The summed E-state index contributed by atoms with van der Waals surface area (Å²) in [4.78, 5) is 4.35. The van der Waals surface area contributed by atoms with Gasteiger partial charge in [-0.25, -0.2) is 4.98 Å². The molecule has 3 heteroatoms. The van der Waals surface area contributed by atoms with E-state index in [-0.39, 0.29) is 5.41 Å². The fourth-order valence-corrected chi connectivity index (χ4v) is 2.54. The van der Waals surface area contributed by atoms with E-state index >= 15 is 0 Å². The van der Waals surface area contributed by atoms with Crippen LogP contribution in [0.15, 0.2) is 10.6 Å². The van der Waals surface area contributed by atoms with Crippen molar-refractivity contribution in [3.63, 3.8) is 0 Å². The van der Waals surface area contributed by atoms with E-state index in [1.165, 1.54) is 32.1 Å². The first-order valence-electron chi connectivity index (χ1n) is 6.40. The maximum absolute atomic E-state index is 5.86. The summed E-state index contributed by atoms with van der Waals surface area (Å²) in [5.74, 6) is 1.94. The Bertz CT molecular complexity index is 326. The normalized spacial score (nSPS) is 19.9. The van der Waals surface area contributed by atoms with Gasteiger partial charge in [-0.1, -0.05) is 26.2 Å². The van der Waals surface area contributed by atoms with Crippen molar-refractivity contribution in [3.05, 3.63) is 17.8 Å². The highest BCUT2D eigenvalue weighted by Crippen LogP contribution is 2.39. The van der Waals surface area contributed by atoms with Gasteiger partial charge in [-0.3, -0.25) is 0 Å². The smallest absolute Gasteiger partial charge is 0.194 e. The van der Waals surface area contributed by atoms with Crippen molar-refractivity contribution in [1.29, 1.82) is 0 Å². The third-order valence-corrected chi connectivity index (χ3v) is 3.70. The number of nitrogens with two attached hydrogens (primary N) is 1. The van der Waals surface area contributed by atoms with Gasteiger partial charge in [0.05, 0.1) is 6.20 Å². The van der Waals surface area contributed by atoms with Crippen molar-refractivity contribution in [1.82, 2.24) is 4.98 Å². The average Bonchev–Trinajstić information content (AvgIpc) is 2.77. The molecule has 0 radical (unpaired) electrons. The van der Waals surface area contributed by atoms with E-state index in [1.807, 2.05) is 6.20 Å². The standard InChI is InChI=1S/C13H22N2O/c1-13(7-3-2-4-8-13)11-10-15-12(16-11)6-5-9-14/h10H,2-9,14H2,1H3. The maximum Gasteiger partial charge on any atom is 0.194 e. The Balaban J connectivity index is 2.05. The second kappa shape index (κ2) is 5.00. The molecule has 90 valence electrons. The lowest BCUT2D eigenvalue weighted by molar-refractivity contribution is 0.260. The molecule has 1 saturated carbocycles. The molecule has 1 fully saturated rings. The molecule has 2 N–H and O–H groups in total. The Morgan fingerprint density at radius 2 is 2.12 bits per heavy atom. The summed E-state index contributed by atoms with van der Waals surface area (Å²) in [6.07, 6.45) is 10.2. The monoisotopic (exact) mass is 222 g/mol. The molecule has 1 aliphatic carbocycles. The van der Waals surface area contributed by atoms with Gasteiger partial charge >= 0.3 is 0 Å². The summed E-state index contributed by atoms with van der Waals surface area (Å²) in [6.45, 7) is 3.01. The van der Waals surface area contributed by atoms with Crippen LogP contribution < -0.4 is 5.73 Å². The summed E-state index contributed by atoms with van der Waals surface area (Å²) in [7, 11) is 0. The largest absolute Gasteiger partial charge is 0.445 e. The van der Waals surface area contributed by atoms with Crippen LogP contribution >= 0.6 is 0 Å². The summed E-state index contributed by atoms with van der Waals surface area (Å²) in [5, 5.41) is 0. The van der Waals surface area contributed by atoms with Crippen LogP contribution in [0.4, 0.5) is 0 Å². The molecule has 0 aliphatic heterocycles. The molecule has 0 unspecified atom stereocenters. The molecule has 1 aromatic heterocycles. The number of hydrogen-bond donors (Lipinski definition) is 1. The van der Waals surface area contributed by atoms with Gasteiger partial charge < -0.3 is 10.2 Å². The van der Waals surface area contributed by atoms with E-state index in [0.717, 1.165) is 24.5 Å². The predicted molar refractivity (Wildman–Crippen MR) is 64.3 cm³/mol. The van der Waals surface area contributed by atoms with Crippen LogP contribution in [0.1, 0.15) is 57.1 Å². The minimum absolute atomic E-state index is 0.228. The summed E-state index contributed by atoms with van der Waals surface area (Å²) < 4.78 is 5.86. The molecule has 0 bridgehead atoms. The number of hydrogen-bond acceptors (Lipinski definition) is 3. The van der Waals surface area contributed by atoms with Crippen molar-refractivity contribution >= 4 is 0 Å². The van der Waals surface area contributed by atoms with E-state index < -0.39 is 0 Å². The number of rotatable bonds is 4. The van der Waals surface area contributed by atoms with Gasteiger partial charge in [0, 0.05) is 11.8 Å². The van der Waals surface area contributed by atoms with Gasteiger partial charge in [-0.15, -0.1) is 0 Å². The van der Waals surface area contributed by atoms with Gasteiger partial charge in [0.25, 0.3) is 0 Å². The van der Waals surface area contributed by atoms with E-state index in [0.29, 0.717) is 6.54 Å². The second-order valence-electron chi connectivity index (χ2n) is 5.13. The predicted octanol–water partition coefficient (Wildman–Crippen LogP) is 2.79. The van der Waals surface area contributed by atoms with Crippen molar-refractivity contribution in [3.8, 4) is 0 Å². The molecule has 0 amide bonds. The van der Waals surface area contributed by atoms with Crippen LogP contribution in [-0.4, -0.2) is 11.5 Å². The molecule has 1 aromatic rings. The van der Waals surface area contributed by atoms with Gasteiger partial charge in [0.2, 0.25) is 0 Å². The number of oxazole rings is 1. The Kier molecular flexibility index (Phi) is 3.64. The zero-order chi connectivity index (χ0) is 11.4. The summed E-state index contributed by atoms with van der Waals surface area (Å²) in [5.41, 5.74) is 5.71. The molecule has 0 atom stereocenters. The Hall–Kier alpha value is -0.830. The lowest BCUT2D eigenvalue weighted by Gasteiger charge is -2.30. The molecular weight excluding hydrogens is 200 g/mol. The van der Waals surface area contributed by atoms with E-state index in [1.54, 1.807) is 0 Å². The minimum Gasteiger partial charge on any atom is -0.445 e. The Labute approximate surface area is 97.4 Å². The zero-order valence-electron chi connectivity index (χ0n) is 10.2. The molecule has 0 aromatic carbocycles. The fraction of sp³-hybridized carbons (Fsp3) is 0.769. The van der Waals surface area contributed by atoms with Crippen molar-refractivity contribution in [2.24, 2.45) is 5.73 Å². The summed E-state index contributed by atoms with van der Waals surface area (Å²) in [6, 6.07) is 0. The van der Waals surface area contributed by atoms with Crippen LogP contribution in [0.2, 0.25) is 0 Å². The van der Waals surface area contributed by atoms with Crippen LogP contribution in [0.5, 0.6) is 0 Å². The number of aryl methyl sites for hydroxylation is 1. The minimum atomic E-state index is 0.228. The quantitative estimate of drug-likeness (QED) is 0.852. The third kappa shape index (κ3) is 2.46. The Morgan fingerprint density at radius 1 is 1.38 bits per heavy atom. The molecule has 0 saturated heterocycles. The fourth-order valence-electron chi connectivity index (χ4n) is 2.54. The van der Waals surface area contributed by atoms with Crippen LogP contribution in [0.3, 0.4) is 0 Å². The van der Waals surface area contributed by atoms with Crippen LogP contribution in [0, 0.1) is 0 Å². The van der Waals surface area contributed by atoms with Gasteiger partial charge in [0.1, 0.15) is 5.76 Å². The van der Waals surface area contributed by atoms with Gasteiger partial charge in [0.15, 0.2) is 5.89 Å². The first-order chi connectivity index (χ1) is 7.74. The first kappa shape index (κ1) is 11.6. The topological polar surface area (TPSA) is 52.0 Å². The SMILES string of the molecule is CC1(c2cnc(CCCN)o2)CCCCC1. The highest BCUT2D eigenvalue weighted by atomic mass is 16.4. The molecule has 3 nitrogen and oxygen atoms in total. The third-order valence-electron chi connectivity index (χ3n) is 3.70. The number of aromatic nitrogens is 1. The zero-order valence-corrected chi connectivity index (χ0v) is 10.2. The van der Waals surface area contributed by atoms with E-state index in [9.17, 15) is 0 Å². The highest BCUT2D eigenvalue weighted by Gasteiger charge is 2.32.